The monoisotopic (exact) mass is 355 g/mol. The van der Waals surface area contributed by atoms with E-state index in [-0.39, 0.29) is 11.7 Å². The van der Waals surface area contributed by atoms with Crippen LogP contribution >= 0.6 is 11.3 Å². The summed E-state index contributed by atoms with van der Waals surface area (Å²) in [5, 5.41) is 2.72. The van der Waals surface area contributed by atoms with E-state index in [1.54, 1.807) is 6.07 Å². The predicted octanol–water partition coefficient (Wildman–Crippen LogP) is 4.71. The third-order valence-corrected chi connectivity index (χ3v) is 5.17. The van der Waals surface area contributed by atoms with Crippen LogP contribution in [0.15, 0.2) is 48.5 Å². The van der Waals surface area contributed by atoms with Gasteiger partial charge in [0.1, 0.15) is 12.4 Å². The quantitative estimate of drug-likeness (QED) is 0.740. The SMILES string of the molecule is COc1ccc(NC(=O)c2cc3c(s2)-c2ccccc2OC3)cc1F. The molecule has 0 bridgehead atoms. The molecule has 0 saturated heterocycles. The zero-order valence-electron chi connectivity index (χ0n) is 13.3. The standard InChI is InChI=1S/C19H14FNO3S/c1-23-16-7-6-12(9-14(16)20)21-19(22)17-8-11-10-24-15-5-3-2-4-13(15)18(11)25-17/h2-9H,10H2,1H3,(H,21,22). The highest BCUT2D eigenvalue weighted by Crippen LogP contribution is 2.42. The number of thiophene rings is 1. The summed E-state index contributed by atoms with van der Waals surface area (Å²) in [6, 6.07) is 13.9. The summed E-state index contributed by atoms with van der Waals surface area (Å²) in [5.41, 5.74) is 2.35. The summed E-state index contributed by atoms with van der Waals surface area (Å²) in [5.74, 6) is 0.161. The van der Waals surface area contributed by atoms with Crippen molar-refractivity contribution in [2.45, 2.75) is 6.61 Å². The van der Waals surface area contributed by atoms with Gasteiger partial charge < -0.3 is 14.8 Å². The van der Waals surface area contributed by atoms with E-state index >= 15 is 0 Å². The van der Waals surface area contributed by atoms with Gasteiger partial charge in [-0.2, -0.15) is 0 Å². The summed E-state index contributed by atoms with van der Waals surface area (Å²) in [6.45, 7) is 0.438. The highest BCUT2D eigenvalue weighted by atomic mass is 32.1. The predicted molar refractivity (Wildman–Crippen MR) is 95.0 cm³/mol. The number of benzene rings is 2. The zero-order valence-corrected chi connectivity index (χ0v) is 14.2. The second-order valence-corrected chi connectivity index (χ2v) is 6.61. The first-order valence-corrected chi connectivity index (χ1v) is 8.47. The lowest BCUT2D eigenvalue weighted by atomic mass is 10.1. The Morgan fingerprint density at radius 3 is 2.88 bits per heavy atom. The van der Waals surface area contributed by atoms with E-state index in [0.717, 1.165) is 21.8 Å². The molecule has 1 aromatic heterocycles. The topological polar surface area (TPSA) is 47.6 Å². The number of amides is 1. The number of nitrogens with one attached hydrogen (secondary N) is 1. The molecule has 4 nitrogen and oxygen atoms in total. The maximum Gasteiger partial charge on any atom is 0.265 e. The van der Waals surface area contributed by atoms with Gasteiger partial charge in [0.2, 0.25) is 0 Å². The van der Waals surface area contributed by atoms with Gasteiger partial charge in [-0.25, -0.2) is 4.39 Å². The smallest absolute Gasteiger partial charge is 0.265 e. The molecule has 25 heavy (non-hydrogen) atoms. The maximum atomic E-state index is 13.8. The van der Waals surface area contributed by atoms with E-state index in [1.165, 1.54) is 30.6 Å². The van der Waals surface area contributed by atoms with Crippen molar-refractivity contribution < 1.29 is 18.7 Å². The molecule has 0 saturated carbocycles. The first-order valence-electron chi connectivity index (χ1n) is 7.65. The number of hydrogen-bond acceptors (Lipinski definition) is 4. The molecule has 2 heterocycles. The number of para-hydroxylation sites is 1. The van der Waals surface area contributed by atoms with E-state index < -0.39 is 5.82 Å². The second-order valence-electron chi connectivity index (χ2n) is 5.55. The molecule has 0 unspecified atom stereocenters. The van der Waals surface area contributed by atoms with E-state index in [1.807, 2.05) is 30.3 Å². The van der Waals surface area contributed by atoms with Crippen molar-refractivity contribution in [1.82, 2.24) is 0 Å². The van der Waals surface area contributed by atoms with E-state index in [9.17, 15) is 9.18 Å². The number of hydrogen-bond donors (Lipinski definition) is 1. The van der Waals surface area contributed by atoms with Gasteiger partial charge >= 0.3 is 0 Å². The average Bonchev–Trinajstić information content (AvgIpc) is 3.07. The molecule has 2 aromatic carbocycles. The number of halogens is 1. The normalized spacial score (nSPS) is 11.9. The summed E-state index contributed by atoms with van der Waals surface area (Å²) in [7, 11) is 1.40. The van der Waals surface area contributed by atoms with Crippen molar-refractivity contribution in [3.8, 4) is 21.9 Å². The Kier molecular flexibility index (Phi) is 3.89. The minimum atomic E-state index is -0.520. The minimum absolute atomic E-state index is 0.137. The lowest BCUT2D eigenvalue weighted by molar-refractivity contribution is 0.103. The van der Waals surface area contributed by atoms with Crippen LogP contribution in [0.2, 0.25) is 0 Å². The van der Waals surface area contributed by atoms with Crippen LogP contribution in [0.5, 0.6) is 11.5 Å². The molecule has 0 radical (unpaired) electrons. The molecule has 0 aliphatic carbocycles. The van der Waals surface area contributed by atoms with Crippen LogP contribution in [-0.4, -0.2) is 13.0 Å². The molecule has 4 rings (SSSR count). The Morgan fingerprint density at radius 2 is 2.08 bits per heavy atom. The van der Waals surface area contributed by atoms with E-state index in [0.29, 0.717) is 17.2 Å². The number of rotatable bonds is 3. The fraction of sp³-hybridized carbons (Fsp3) is 0.105. The number of anilines is 1. The van der Waals surface area contributed by atoms with Crippen molar-refractivity contribution in [1.29, 1.82) is 0 Å². The lowest BCUT2D eigenvalue weighted by Crippen LogP contribution is -2.10. The molecule has 1 N–H and O–H groups in total. The molecule has 6 heteroatoms. The van der Waals surface area contributed by atoms with Crippen LogP contribution in [0.1, 0.15) is 15.2 Å². The Hall–Kier alpha value is -2.86. The first kappa shape index (κ1) is 15.7. The van der Waals surface area contributed by atoms with Crippen molar-refractivity contribution in [2.75, 3.05) is 12.4 Å². The molecule has 0 spiro atoms. The van der Waals surface area contributed by atoms with Gasteiger partial charge in [0.25, 0.3) is 5.91 Å². The molecule has 0 atom stereocenters. The van der Waals surface area contributed by atoms with E-state index in [4.69, 9.17) is 9.47 Å². The zero-order chi connectivity index (χ0) is 17.4. The van der Waals surface area contributed by atoms with Crippen molar-refractivity contribution >= 4 is 22.9 Å². The van der Waals surface area contributed by atoms with Crippen molar-refractivity contribution in [3.05, 3.63) is 64.8 Å². The van der Waals surface area contributed by atoms with Gasteiger partial charge in [-0.1, -0.05) is 12.1 Å². The molecule has 1 aliphatic rings. The van der Waals surface area contributed by atoms with E-state index in [2.05, 4.69) is 5.32 Å². The average molecular weight is 355 g/mol. The largest absolute Gasteiger partial charge is 0.494 e. The van der Waals surface area contributed by atoms with Crippen LogP contribution in [-0.2, 0) is 6.61 Å². The Balaban J connectivity index is 1.60. The van der Waals surface area contributed by atoms with Crippen LogP contribution in [0.3, 0.4) is 0 Å². The van der Waals surface area contributed by atoms with Gasteiger partial charge in [0.05, 0.1) is 12.0 Å². The summed E-state index contributed by atoms with van der Waals surface area (Å²) in [6.07, 6.45) is 0. The van der Waals surface area contributed by atoms with Gasteiger partial charge in [0, 0.05) is 27.8 Å². The highest BCUT2D eigenvalue weighted by molar-refractivity contribution is 7.17. The third-order valence-electron chi connectivity index (χ3n) is 3.96. The Labute approximate surface area is 147 Å². The van der Waals surface area contributed by atoms with Crippen molar-refractivity contribution in [2.24, 2.45) is 0 Å². The first-order chi connectivity index (χ1) is 12.2. The lowest BCUT2D eigenvalue weighted by Gasteiger charge is -2.16. The highest BCUT2D eigenvalue weighted by Gasteiger charge is 2.22. The molecule has 3 aromatic rings. The summed E-state index contributed by atoms with van der Waals surface area (Å²) >= 11 is 1.41. The number of ether oxygens (including phenoxy) is 2. The fourth-order valence-electron chi connectivity index (χ4n) is 2.75. The number of carbonyl (C=O) groups is 1. The number of fused-ring (bicyclic) bond motifs is 3. The Bertz CT molecular complexity index is 967. The molecule has 1 amide bonds. The minimum Gasteiger partial charge on any atom is -0.494 e. The summed E-state index contributed by atoms with van der Waals surface area (Å²) < 4.78 is 24.4. The van der Waals surface area contributed by atoms with Crippen LogP contribution in [0, 0.1) is 5.82 Å². The second kappa shape index (κ2) is 6.22. The molecular formula is C19H14FNO3S. The van der Waals surface area contributed by atoms with Gasteiger partial charge in [-0.3, -0.25) is 4.79 Å². The van der Waals surface area contributed by atoms with Crippen LogP contribution in [0.25, 0.3) is 10.4 Å². The van der Waals surface area contributed by atoms with Gasteiger partial charge in [0.15, 0.2) is 11.6 Å². The fourth-order valence-corrected chi connectivity index (χ4v) is 3.84. The molecular weight excluding hydrogens is 341 g/mol. The number of methoxy groups -OCH3 is 1. The molecule has 1 aliphatic heterocycles. The molecule has 126 valence electrons. The summed E-state index contributed by atoms with van der Waals surface area (Å²) in [4.78, 5) is 14.1. The van der Waals surface area contributed by atoms with Crippen LogP contribution < -0.4 is 14.8 Å². The molecule has 0 fully saturated rings. The Morgan fingerprint density at radius 1 is 1.24 bits per heavy atom. The van der Waals surface area contributed by atoms with Gasteiger partial charge in [-0.05, 0) is 30.3 Å². The van der Waals surface area contributed by atoms with Gasteiger partial charge in [-0.15, -0.1) is 11.3 Å². The maximum absolute atomic E-state index is 13.8. The number of carbonyl (C=O) groups excluding carboxylic acids is 1. The van der Waals surface area contributed by atoms with Crippen LogP contribution in [0.4, 0.5) is 10.1 Å². The van der Waals surface area contributed by atoms with Crippen molar-refractivity contribution in [3.63, 3.8) is 0 Å². The third kappa shape index (κ3) is 2.85.